The molecule has 208 valence electrons. The summed E-state index contributed by atoms with van der Waals surface area (Å²) in [5.74, 6) is -0.240. The molecule has 4 rings (SSSR count). The predicted octanol–water partition coefficient (Wildman–Crippen LogP) is 3.46. The van der Waals surface area contributed by atoms with E-state index in [-0.39, 0.29) is 46.2 Å². The number of halogens is 4. The number of carbonyl (C=O) groups excluding carboxylic acids is 2. The molecule has 0 saturated carbocycles. The van der Waals surface area contributed by atoms with Crippen molar-refractivity contribution in [2.24, 2.45) is 0 Å². The molecule has 0 bridgehead atoms. The number of alkyl halides is 3. The molecular formula is C22H25ClF3N5O6S. The van der Waals surface area contributed by atoms with Gasteiger partial charge in [-0.25, -0.2) is 13.2 Å². The number of rotatable bonds is 6. The second-order valence-electron chi connectivity index (χ2n) is 9.31. The van der Waals surface area contributed by atoms with Gasteiger partial charge in [-0.15, -0.1) is 0 Å². The molecule has 2 amide bonds. The first-order valence-electron chi connectivity index (χ1n) is 11.5. The van der Waals surface area contributed by atoms with Crippen LogP contribution in [-0.4, -0.2) is 61.2 Å². The Morgan fingerprint density at radius 2 is 2.00 bits per heavy atom. The van der Waals surface area contributed by atoms with E-state index >= 15 is 0 Å². The van der Waals surface area contributed by atoms with Crippen molar-refractivity contribution in [1.82, 2.24) is 15.1 Å². The summed E-state index contributed by atoms with van der Waals surface area (Å²) in [5.41, 5.74) is -2.35. The van der Waals surface area contributed by atoms with E-state index in [9.17, 15) is 31.2 Å². The number of hydrogen-bond donors (Lipinski definition) is 2. The summed E-state index contributed by atoms with van der Waals surface area (Å²) >= 11 is 6.24. The van der Waals surface area contributed by atoms with E-state index in [0.29, 0.717) is 38.9 Å². The van der Waals surface area contributed by atoms with E-state index in [1.54, 1.807) is 0 Å². The molecule has 2 aliphatic rings. The van der Waals surface area contributed by atoms with Crippen LogP contribution < -0.4 is 19.7 Å². The molecule has 1 atom stereocenters. The number of benzene rings is 1. The number of ether oxygens (including phenoxy) is 2. The number of hydrogen-bond acceptors (Lipinski definition) is 7. The fourth-order valence-corrected chi connectivity index (χ4v) is 6.29. The number of amides is 2. The average molecular weight is 580 g/mol. The van der Waals surface area contributed by atoms with Gasteiger partial charge in [0.05, 0.1) is 24.5 Å². The first-order chi connectivity index (χ1) is 17.6. The third-order valence-electron chi connectivity index (χ3n) is 6.05. The number of sulfonamides is 1. The SMILES string of the molecule is CC(=O)NCC1CN(S(=O)(=O)c2c(Cl)nn3c2CCC3)c2cc(NC(=O)OC(C)(C)C(F)(F)F)ccc2O1. The molecule has 16 heteroatoms. The van der Waals surface area contributed by atoms with Gasteiger partial charge < -0.3 is 14.8 Å². The molecule has 0 fully saturated rings. The van der Waals surface area contributed by atoms with Crippen molar-refractivity contribution in [1.29, 1.82) is 0 Å². The minimum atomic E-state index is -4.81. The standard InChI is InChI=1S/C22H25ClF3N5O6S/c1-12(32)27-10-14-11-31(38(34,35)18-15-5-4-8-30(15)29-19(18)23)16-9-13(6-7-17(16)36-14)28-20(33)37-21(2,3)22(24,25)26/h6-7,9,14H,4-5,8,10-11H2,1-3H3,(H,27,32)(H,28,33). The van der Waals surface area contributed by atoms with Gasteiger partial charge in [0.1, 0.15) is 16.7 Å². The average Bonchev–Trinajstić information content (AvgIpc) is 3.35. The van der Waals surface area contributed by atoms with Crippen molar-refractivity contribution in [2.75, 3.05) is 22.7 Å². The minimum Gasteiger partial charge on any atom is -0.484 e. The summed E-state index contributed by atoms with van der Waals surface area (Å²) in [6, 6.07) is 3.91. The van der Waals surface area contributed by atoms with Gasteiger partial charge in [0.25, 0.3) is 10.0 Å². The Morgan fingerprint density at radius 3 is 2.66 bits per heavy atom. The molecule has 38 heavy (non-hydrogen) atoms. The van der Waals surface area contributed by atoms with Gasteiger partial charge in [-0.3, -0.25) is 19.1 Å². The van der Waals surface area contributed by atoms with E-state index in [4.69, 9.17) is 16.3 Å². The van der Waals surface area contributed by atoms with E-state index < -0.39 is 34.0 Å². The molecular weight excluding hydrogens is 555 g/mol. The van der Waals surface area contributed by atoms with Gasteiger partial charge in [0.15, 0.2) is 5.15 Å². The van der Waals surface area contributed by atoms with Crippen LogP contribution in [0.25, 0.3) is 0 Å². The fourth-order valence-electron chi connectivity index (χ4n) is 4.05. The number of aromatic nitrogens is 2. The Hall–Kier alpha value is -3.20. The molecule has 2 aliphatic heterocycles. The van der Waals surface area contributed by atoms with E-state index in [0.717, 1.165) is 4.31 Å². The number of carbonyl (C=O) groups is 2. The van der Waals surface area contributed by atoms with Crippen LogP contribution in [0.1, 0.15) is 32.9 Å². The van der Waals surface area contributed by atoms with E-state index in [1.807, 2.05) is 0 Å². The second-order valence-corrected chi connectivity index (χ2v) is 11.5. The highest BCUT2D eigenvalue weighted by atomic mass is 35.5. The molecule has 0 radical (unpaired) electrons. The molecule has 1 unspecified atom stereocenters. The second kappa shape index (κ2) is 9.84. The maximum atomic E-state index is 13.9. The molecule has 2 aromatic rings. The highest BCUT2D eigenvalue weighted by molar-refractivity contribution is 7.93. The lowest BCUT2D eigenvalue weighted by Gasteiger charge is -2.35. The summed E-state index contributed by atoms with van der Waals surface area (Å²) in [6.07, 6.45) is -5.84. The quantitative estimate of drug-likeness (QED) is 0.536. The number of nitrogens with one attached hydrogen (secondary N) is 2. The van der Waals surface area contributed by atoms with Gasteiger partial charge in [-0.2, -0.15) is 18.3 Å². The highest BCUT2D eigenvalue weighted by Crippen LogP contribution is 2.41. The zero-order chi connectivity index (χ0) is 28.0. The summed E-state index contributed by atoms with van der Waals surface area (Å²) in [6.45, 7) is 2.99. The molecule has 2 N–H and O–H groups in total. The number of anilines is 2. The zero-order valence-electron chi connectivity index (χ0n) is 20.6. The van der Waals surface area contributed by atoms with Gasteiger partial charge in [0, 0.05) is 19.2 Å². The van der Waals surface area contributed by atoms with Gasteiger partial charge in [-0.05, 0) is 44.9 Å². The van der Waals surface area contributed by atoms with Gasteiger partial charge in [0.2, 0.25) is 11.5 Å². The van der Waals surface area contributed by atoms with E-state index in [1.165, 1.54) is 29.8 Å². The molecule has 3 heterocycles. The van der Waals surface area contributed by atoms with Crippen molar-refractivity contribution in [3.8, 4) is 5.75 Å². The maximum Gasteiger partial charge on any atom is 0.427 e. The third kappa shape index (κ3) is 5.34. The summed E-state index contributed by atoms with van der Waals surface area (Å²) < 4.78 is 80.1. The van der Waals surface area contributed by atoms with Crippen LogP contribution in [0.3, 0.4) is 0 Å². The molecule has 0 saturated heterocycles. The summed E-state index contributed by atoms with van der Waals surface area (Å²) in [5, 5.41) is 8.70. The molecule has 0 aliphatic carbocycles. The Bertz CT molecular complexity index is 1380. The van der Waals surface area contributed by atoms with E-state index in [2.05, 4.69) is 20.5 Å². The lowest BCUT2D eigenvalue weighted by Crippen LogP contribution is -2.48. The van der Waals surface area contributed by atoms with Gasteiger partial charge >= 0.3 is 12.3 Å². The lowest BCUT2D eigenvalue weighted by molar-refractivity contribution is -0.242. The summed E-state index contributed by atoms with van der Waals surface area (Å²) in [4.78, 5) is 23.5. The Labute approximate surface area is 221 Å². The van der Waals surface area contributed by atoms with Crippen LogP contribution in [0, 0.1) is 0 Å². The number of nitrogens with zero attached hydrogens (tertiary/aromatic N) is 3. The van der Waals surface area contributed by atoms with Crippen LogP contribution in [0.4, 0.5) is 29.3 Å². The predicted molar refractivity (Wildman–Crippen MR) is 130 cm³/mol. The fraction of sp³-hybridized carbons (Fsp3) is 0.500. The van der Waals surface area contributed by atoms with Crippen LogP contribution in [0.5, 0.6) is 5.75 Å². The van der Waals surface area contributed by atoms with Crippen molar-refractivity contribution in [3.05, 3.63) is 29.0 Å². The Kier molecular flexibility index (Phi) is 7.20. The number of fused-ring (bicyclic) bond motifs is 2. The van der Waals surface area contributed by atoms with Crippen molar-refractivity contribution in [2.45, 2.75) is 62.9 Å². The molecule has 1 aromatic heterocycles. The van der Waals surface area contributed by atoms with Crippen LogP contribution >= 0.6 is 11.6 Å². The van der Waals surface area contributed by atoms with Crippen LogP contribution in [0.2, 0.25) is 5.15 Å². The van der Waals surface area contributed by atoms with Crippen molar-refractivity contribution in [3.63, 3.8) is 0 Å². The maximum absolute atomic E-state index is 13.9. The van der Waals surface area contributed by atoms with Crippen molar-refractivity contribution >= 4 is 45.0 Å². The molecule has 1 aromatic carbocycles. The third-order valence-corrected chi connectivity index (χ3v) is 8.30. The zero-order valence-corrected chi connectivity index (χ0v) is 22.1. The monoisotopic (exact) mass is 579 g/mol. The Morgan fingerprint density at radius 1 is 1.29 bits per heavy atom. The Balaban J connectivity index is 1.69. The smallest absolute Gasteiger partial charge is 0.427 e. The molecule has 0 spiro atoms. The molecule has 11 nitrogen and oxygen atoms in total. The first kappa shape index (κ1) is 27.8. The minimum absolute atomic E-state index is 0.000499. The van der Waals surface area contributed by atoms with Crippen molar-refractivity contribution < 1.29 is 40.7 Å². The summed E-state index contributed by atoms with van der Waals surface area (Å²) in [7, 11) is -4.32. The highest BCUT2D eigenvalue weighted by Gasteiger charge is 2.51. The normalized spacial score (nSPS) is 17.3. The topological polar surface area (TPSA) is 132 Å². The largest absolute Gasteiger partial charge is 0.484 e. The van der Waals surface area contributed by atoms with Crippen LogP contribution in [0.15, 0.2) is 23.1 Å². The number of aryl methyl sites for hydroxylation is 1. The lowest BCUT2D eigenvalue weighted by atomic mass is 10.1. The van der Waals surface area contributed by atoms with Crippen LogP contribution in [-0.2, 0) is 32.5 Å². The first-order valence-corrected chi connectivity index (χ1v) is 13.3. The van der Waals surface area contributed by atoms with Gasteiger partial charge in [-0.1, -0.05) is 11.6 Å².